The molecule has 3 rings (SSSR count). The van der Waals surface area contributed by atoms with Gasteiger partial charge in [-0.1, -0.05) is 29.3 Å². The quantitative estimate of drug-likeness (QED) is 0.853. The van der Waals surface area contributed by atoms with Crippen LogP contribution in [0.25, 0.3) is 0 Å². The van der Waals surface area contributed by atoms with Crippen LogP contribution in [0.1, 0.15) is 12.8 Å². The Morgan fingerprint density at radius 2 is 1.70 bits per heavy atom. The third-order valence-corrected chi connectivity index (χ3v) is 7.02. The lowest BCUT2D eigenvalue weighted by molar-refractivity contribution is 0.384. The molecule has 7 heteroatoms. The second-order valence-electron chi connectivity index (χ2n) is 5.20. The zero-order valence-electron chi connectivity index (χ0n) is 10.9. The molecule has 1 aromatic carbocycles. The Bertz CT molecular complexity index is 609. The van der Waals surface area contributed by atoms with Crippen LogP contribution in [0.15, 0.2) is 18.2 Å². The van der Waals surface area contributed by atoms with Crippen LogP contribution in [0.5, 0.6) is 0 Å². The highest BCUT2D eigenvalue weighted by Gasteiger charge is 2.41. The van der Waals surface area contributed by atoms with Gasteiger partial charge in [-0.25, -0.2) is 8.42 Å². The summed E-state index contributed by atoms with van der Waals surface area (Å²) in [6.07, 6.45) is 1.62. The normalized spacial score (nSPS) is 21.2. The molecule has 0 radical (unpaired) electrons. The average molecular weight is 335 g/mol. The molecule has 20 heavy (non-hydrogen) atoms. The number of sulfonamides is 1. The maximum atomic E-state index is 12.2. The molecule has 2 aliphatic rings. The van der Waals surface area contributed by atoms with E-state index in [4.69, 9.17) is 23.2 Å². The monoisotopic (exact) mass is 334 g/mol. The third-order valence-electron chi connectivity index (χ3n) is 3.82. The Labute approximate surface area is 129 Å². The SMILES string of the molecule is O=S(=O)(C1CC1)N1CCN(c2cccc(Cl)c2Cl)CC1. The molecule has 0 amide bonds. The van der Waals surface area contributed by atoms with Gasteiger partial charge in [-0.3, -0.25) is 0 Å². The zero-order valence-corrected chi connectivity index (χ0v) is 13.3. The molecule has 4 nitrogen and oxygen atoms in total. The van der Waals surface area contributed by atoms with Crippen LogP contribution < -0.4 is 4.90 Å². The van der Waals surface area contributed by atoms with Crippen molar-refractivity contribution in [1.82, 2.24) is 4.31 Å². The highest BCUT2D eigenvalue weighted by Crippen LogP contribution is 2.34. The smallest absolute Gasteiger partial charge is 0.217 e. The number of hydrogen-bond donors (Lipinski definition) is 0. The summed E-state index contributed by atoms with van der Waals surface area (Å²) < 4.78 is 26.0. The number of nitrogens with zero attached hydrogens (tertiary/aromatic N) is 2. The Morgan fingerprint density at radius 1 is 1.05 bits per heavy atom. The second kappa shape index (κ2) is 5.37. The molecule has 1 heterocycles. The van der Waals surface area contributed by atoms with Crippen molar-refractivity contribution in [1.29, 1.82) is 0 Å². The first-order valence-electron chi connectivity index (χ1n) is 6.68. The van der Waals surface area contributed by atoms with Crippen LogP contribution >= 0.6 is 23.2 Å². The van der Waals surface area contributed by atoms with Crippen molar-refractivity contribution < 1.29 is 8.42 Å². The highest BCUT2D eigenvalue weighted by molar-refractivity contribution is 7.90. The molecule has 1 aliphatic heterocycles. The summed E-state index contributed by atoms with van der Waals surface area (Å²) >= 11 is 12.2. The number of rotatable bonds is 3. The van der Waals surface area contributed by atoms with E-state index in [2.05, 4.69) is 4.90 Å². The molecule has 0 unspecified atom stereocenters. The van der Waals surface area contributed by atoms with Crippen LogP contribution in [0.4, 0.5) is 5.69 Å². The molecule has 0 bridgehead atoms. The lowest BCUT2D eigenvalue weighted by atomic mass is 10.2. The molecule has 0 atom stereocenters. The minimum absolute atomic E-state index is 0.135. The van der Waals surface area contributed by atoms with E-state index < -0.39 is 10.0 Å². The van der Waals surface area contributed by atoms with E-state index in [1.54, 1.807) is 10.4 Å². The summed E-state index contributed by atoms with van der Waals surface area (Å²) in [5.41, 5.74) is 0.877. The standard InChI is InChI=1S/C13H16Cl2N2O2S/c14-11-2-1-3-12(13(11)15)16-6-8-17(9-7-16)20(18,19)10-4-5-10/h1-3,10H,4-9H2. The third kappa shape index (κ3) is 2.64. The van der Waals surface area contributed by atoms with Crippen LogP contribution in [0.3, 0.4) is 0 Å². The van der Waals surface area contributed by atoms with Crippen molar-refractivity contribution in [2.45, 2.75) is 18.1 Å². The summed E-state index contributed by atoms with van der Waals surface area (Å²) in [7, 11) is -3.07. The van der Waals surface area contributed by atoms with Crippen molar-refractivity contribution in [2.24, 2.45) is 0 Å². The maximum Gasteiger partial charge on any atom is 0.217 e. The van der Waals surface area contributed by atoms with Gasteiger partial charge in [-0.05, 0) is 25.0 Å². The largest absolute Gasteiger partial charge is 0.368 e. The van der Waals surface area contributed by atoms with E-state index in [1.807, 2.05) is 12.1 Å². The molecule has 1 aliphatic carbocycles. The molecule has 1 saturated carbocycles. The first-order valence-corrected chi connectivity index (χ1v) is 8.94. The molecule has 2 fully saturated rings. The van der Waals surface area contributed by atoms with Gasteiger partial charge >= 0.3 is 0 Å². The van der Waals surface area contributed by atoms with E-state index in [-0.39, 0.29) is 5.25 Å². The van der Waals surface area contributed by atoms with Gasteiger partial charge in [0.1, 0.15) is 0 Å². The number of piperazine rings is 1. The van der Waals surface area contributed by atoms with Crippen LogP contribution in [0, 0.1) is 0 Å². The fraction of sp³-hybridized carbons (Fsp3) is 0.538. The van der Waals surface area contributed by atoms with Crippen LogP contribution in [0.2, 0.25) is 10.0 Å². The number of anilines is 1. The first kappa shape index (κ1) is 14.4. The van der Waals surface area contributed by atoms with Gasteiger partial charge in [0, 0.05) is 26.2 Å². The van der Waals surface area contributed by atoms with Crippen molar-refractivity contribution in [3.05, 3.63) is 28.2 Å². The lowest BCUT2D eigenvalue weighted by Crippen LogP contribution is -2.49. The first-order chi connectivity index (χ1) is 9.50. The van der Waals surface area contributed by atoms with Crippen LogP contribution in [-0.4, -0.2) is 44.2 Å². The minimum atomic E-state index is -3.07. The molecular weight excluding hydrogens is 319 g/mol. The molecule has 1 saturated heterocycles. The Balaban J connectivity index is 1.71. The summed E-state index contributed by atoms with van der Waals surface area (Å²) in [6.45, 7) is 2.32. The maximum absolute atomic E-state index is 12.2. The topological polar surface area (TPSA) is 40.6 Å². The summed E-state index contributed by atoms with van der Waals surface area (Å²) in [6, 6.07) is 5.53. The molecule has 0 N–H and O–H groups in total. The van der Waals surface area contributed by atoms with Gasteiger partial charge in [0.25, 0.3) is 0 Å². The van der Waals surface area contributed by atoms with Gasteiger partial charge in [-0.2, -0.15) is 4.31 Å². The Morgan fingerprint density at radius 3 is 2.30 bits per heavy atom. The Hall–Kier alpha value is -0.490. The Kier molecular flexibility index (Phi) is 3.88. The minimum Gasteiger partial charge on any atom is -0.368 e. The van der Waals surface area contributed by atoms with Crippen molar-refractivity contribution >= 4 is 38.9 Å². The van der Waals surface area contributed by atoms with Gasteiger partial charge in [0.05, 0.1) is 21.0 Å². The zero-order chi connectivity index (χ0) is 14.3. The number of hydrogen-bond acceptors (Lipinski definition) is 3. The molecule has 110 valence electrons. The average Bonchev–Trinajstić information content (AvgIpc) is 3.27. The predicted molar refractivity (Wildman–Crippen MR) is 82.2 cm³/mol. The fourth-order valence-corrected chi connectivity index (χ4v) is 4.74. The number of halogens is 2. The van der Waals surface area contributed by atoms with E-state index >= 15 is 0 Å². The van der Waals surface area contributed by atoms with E-state index in [0.29, 0.717) is 36.2 Å². The van der Waals surface area contributed by atoms with Gasteiger partial charge in [0.15, 0.2) is 0 Å². The fourth-order valence-electron chi connectivity index (χ4n) is 2.50. The van der Waals surface area contributed by atoms with Gasteiger partial charge < -0.3 is 4.90 Å². The number of benzene rings is 1. The van der Waals surface area contributed by atoms with E-state index in [9.17, 15) is 8.42 Å². The lowest BCUT2D eigenvalue weighted by Gasteiger charge is -2.36. The van der Waals surface area contributed by atoms with Gasteiger partial charge in [0.2, 0.25) is 10.0 Å². The van der Waals surface area contributed by atoms with Crippen molar-refractivity contribution in [3.8, 4) is 0 Å². The van der Waals surface area contributed by atoms with Crippen molar-refractivity contribution in [2.75, 3.05) is 31.1 Å². The molecule has 0 spiro atoms. The predicted octanol–water partition coefficient (Wildman–Crippen LogP) is 2.61. The summed E-state index contributed by atoms with van der Waals surface area (Å²) in [5.74, 6) is 0. The molecule has 1 aromatic rings. The molecule has 0 aromatic heterocycles. The highest BCUT2D eigenvalue weighted by atomic mass is 35.5. The second-order valence-corrected chi connectivity index (χ2v) is 8.20. The van der Waals surface area contributed by atoms with E-state index in [0.717, 1.165) is 18.5 Å². The van der Waals surface area contributed by atoms with E-state index in [1.165, 1.54) is 0 Å². The van der Waals surface area contributed by atoms with Gasteiger partial charge in [-0.15, -0.1) is 0 Å². The summed E-state index contributed by atoms with van der Waals surface area (Å²) in [5, 5.41) is 0.925. The van der Waals surface area contributed by atoms with Crippen LogP contribution in [-0.2, 0) is 10.0 Å². The summed E-state index contributed by atoms with van der Waals surface area (Å²) in [4.78, 5) is 2.09. The van der Waals surface area contributed by atoms with Crippen molar-refractivity contribution in [3.63, 3.8) is 0 Å². The molecular formula is C13H16Cl2N2O2S.